The van der Waals surface area contributed by atoms with Crippen molar-refractivity contribution in [3.8, 4) is 0 Å². The van der Waals surface area contributed by atoms with E-state index in [0.717, 1.165) is 17.7 Å². The maximum atomic E-state index is 12.0. The van der Waals surface area contributed by atoms with Crippen LogP contribution in [0.15, 0.2) is 34.9 Å². The van der Waals surface area contributed by atoms with Crippen LogP contribution in [-0.4, -0.2) is 18.5 Å². The number of sulfonamides is 1. The van der Waals surface area contributed by atoms with Crippen molar-refractivity contribution in [2.45, 2.75) is 32.2 Å². The predicted octanol–water partition coefficient (Wildman–Crippen LogP) is 1.35. The van der Waals surface area contributed by atoms with Crippen LogP contribution in [0, 0.1) is 0 Å². The summed E-state index contributed by atoms with van der Waals surface area (Å²) in [6.45, 7) is 1.91. The molecule has 0 aliphatic carbocycles. The van der Waals surface area contributed by atoms with Gasteiger partial charge in [0.05, 0.1) is 25.1 Å². The number of rotatable bonds is 7. The molecule has 0 radical (unpaired) electrons. The van der Waals surface area contributed by atoms with Crippen molar-refractivity contribution in [3.05, 3.63) is 53.2 Å². The second kappa shape index (κ2) is 6.84. The van der Waals surface area contributed by atoms with E-state index in [1.165, 1.54) is 0 Å². The van der Waals surface area contributed by atoms with Crippen molar-refractivity contribution in [1.29, 1.82) is 0 Å². The highest BCUT2D eigenvalue weighted by atomic mass is 32.2. The molecule has 0 aliphatic rings. The molecule has 0 fully saturated rings. The Labute approximate surface area is 123 Å². The topological polar surface area (TPSA) is 92.4 Å². The van der Waals surface area contributed by atoms with Gasteiger partial charge in [-0.05, 0) is 11.1 Å². The first-order chi connectivity index (χ1) is 10.0. The SMILES string of the molecule is CCc1cnc(CNS(=O)(=O)Cc2ccc(CO)cc2)o1. The second-order valence-corrected chi connectivity index (χ2v) is 6.44. The summed E-state index contributed by atoms with van der Waals surface area (Å²) in [5, 5.41) is 8.95. The molecule has 2 aromatic rings. The van der Waals surface area contributed by atoms with Crippen molar-refractivity contribution in [1.82, 2.24) is 9.71 Å². The molecule has 0 aliphatic heterocycles. The van der Waals surface area contributed by atoms with Crippen LogP contribution in [0.2, 0.25) is 0 Å². The van der Waals surface area contributed by atoms with E-state index in [4.69, 9.17) is 9.52 Å². The molecule has 0 saturated carbocycles. The second-order valence-electron chi connectivity index (χ2n) is 4.63. The van der Waals surface area contributed by atoms with Crippen LogP contribution in [0.25, 0.3) is 0 Å². The molecule has 0 unspecified atom stereocenters. The van der Waals surface area contributed by atoms with Gasteiger partial charge in [0.25, 0.3) is 0 Å². The molecule has 114 valence electrons. The first kappa shape index (κ1) is 15.7. The van der Waals surface area contributed by atoms with E-state index in [0.29, 0.717) is 11.5 Å². The van der Waals surface area contributed by atoms with Gasteiger partial charge in [0.15, 0.2) is 0 Å². The first-order valence-corrected chi connectivity index (χ1v) is 8.27. The van der Waals surface area contributed by atoms with Crippen LogP contribution < -0.4 is 4.72 Å². The zero-order valence-electron chi connectivity index (χ0n) is 11.7. The van der Waals surface area contributed by atoms with Gasteiger partial charge in [-0.25, -0.2) is 18.1 Å². The number of aryl methyl sites for hydroxylation is 1. The van der Waals surface area contributed by atoms with Gasteiger partial charge in [-0.2, -0.15) is 0 Å². The Morgan fingerprint density at radius 3 is 2.48 bits per heavy atom. The lowest BCUT2D eigenvalue weighted by molar-refractivity contribution is 0.282. The Morgan fingerprint density at radius 2 is 1.90 bits per heavy atom. The molecule has 2 rings (SSSR count). The van der Waals surface area contributed by atoms with Gasteiger partial charge in [-0.15, -0.1) is 0 Å². The minimum Gasteiger partial charge on any atom is -0.444 e. The van der Waals surface area contributed by atoms with Crippen LogP contribution in [0.1, 0.15) is 29.7 Å². The Kier molecular flexibility index (Phi) is 5.11. The number of nitrogens with zero attached hydrogens (tertiary/aromatic N) is 1. The Hall–Kier alpha value is -1.70. The molecule has 0 bridgehead atoms. The fourth-order valence-corrected chi connectivity index (χ4v) is 2.85. The monoisotopic (exact) mass is 310 g/mol. The average molecular weight is 310 g/mol. The number of hydrogen-bond donors (Lipinski definition) is 2. The third kappa shape index (κ3) is 4.66. The van der Waals surface area contributed by atoms with E-state index >= 15 is 0 Å². The molecule has 2 N–H and O–H groups in total. The van der Waals surface area contributed by atoms with Crippen molar-refractivity contribution in [2.75, 3.05) is 0 Å². The molecule has 0 atom stereocenters. The summed E-state index contributed by atoms with van der Waals surface area (Å²) in [5.41, 5.74) is 1.40. The molecule has 0 saturated heterocycles. The number of nitrogens with one attached hydrogen (secondary N) is 1. The Bertz CT molecular complexity index is 677. The lowest BCUT2D eigenvalue weighted by Gasteiger charge is -2.05. The van der Waals surface area contributed by atoms with E-state index < -0.39 is 10.0 Å². The third-order valence-electron chi connectivity index (χ3n) is 2.96. The van der Waals surface area contributed by atoms with Gasteiger partial charge in [-0.1, -0.05) is 31.2 Å². The van der Waals surface area contributed by atoms with Gasteiger partial charge in [0.2, 0.25) is 15.9 Å². The minimum atomic E-state index is -3.46. The van der Waals surface area contributed by atoms with Crippen molar-refractivity contribution < 1.29 is 17.9 Å². The number of aliphatic hydroxyl groups is 1. The number of benzene rings is 1. The maximum absolute atomic E-state index is 12.0. The first-order valence-electron chi connectivity index (χ1n) is 6.62. The third-order valence-corrected chi connectivity index (χ3v) is 4.25. The van der Waals surface area contributed by atoms with Gasteiger partial charge < -0.3 is 9.52 Å². The quantitative estimate of drug-likeness (QED) is 0.805. The van der Waals surface area contributed by atoms with Gasteiger partial charge in [0.1, 0.15) is 5.76 Å². The van der Waals surface area contributed by atoms with Crippen molar-refractivity contribution in [2.24, 2.45) is 0 Å². The number of hydrogen-bond acceptors (Lipinski definition) is 5. The van der Waals surface area contributed by atoms with Gasteiger partial charge in [0, 0.05) is 6.42 Å². The van der Waals surface area contributed by atoms with Crippen LogP contribution >= 0.6 is 0 Å². The Balaban J connectivity index is 1.94. The highest BCUT2D eigenvalue weighted by Gasteiger charge is 2.13. The number of oxazole rings is 1. The summed E-state index contributed by atoms with van der Waals surface area (Å²) < 4.78 is 31.7. The fourth-order valence-electron chi connectivity index (χ4n) is 1.78. The van der Waals surface area contributed by atoms with Crippen molar-refractivity contribution in [3.63, 3.8) is 0 Å². The van der Waals surface area contributed by atoms with Crippen LogP contribution in [0.3, 0.4) is 0 Å². The number of aromatic nitrogens is 1. The fraction of sp³-hybridized carbons (Fsp3) is 0.357. The average Bonchev–Trinajstić information content (AvgIpc) is 2.94. The molecular formula is C14H18N2O4S. The number of aliphatic hydroxyl groups excluding tert-OH is 1. The van der Waals surface area contributed by atoms with E-state index in [-0.39, 0.29) is 18.9 Å². The van der Waals surface area contributed by atoms with Gasteiger partial charge in [-0.3, -0.25) is 0 Å². The van der Waals surface area contributed by atoms with Crippen LogP contribution in [-0.2, 0) is 35.3 Å². The smallest absolute Gasteiger partial charge is 0.216 e. The van der Waals surface area contributed by atoms with Crippen LogP contribution in [0.5, 0.6) is 0 Å². The highest BCUT2D eigenvalue weighted by molar-refractivity contribution is 7.88. The summed E-state index contributed by atoms with van der Waals surface area (Å²) in [6, 6.07) is 6.77. The Morgan fingerprint density at radius 1 is 1.24 bits per heavy atom. The van der Waals surface area contributed by atoms with Gasteiger partial charge >= 0.3 is 0 Å². The zero-order chi connectivity index (χ0) is 15.3. The minimum absolute atomic E-state index is 0.0387. The largest absolute Gasteiger partial charge is 0.444 e. The summed E-state index contributed by atoms with van der Waals surface area (Å²) >= 11 is 0. The van der Waals surface area contributed by atoms with E-state index in [9.17, 15) is 8.42 Å². The van der Waals surface area contributed by atoms with E-state index in [2.05, 4.69) is 9.71 Å². The molecule has 1 heterocycles. The molecule has 1 aromatic carbocycles. The molecule has 6 nitrogen and oxygen atoms in total. The molecular weight excluding hydrogens is 292 g/mol. The van der Waals surface area contributed by atoms with E-state index in [1.807, 2.05) is 6.92 Å². The molecule has 0 amide bonds. The predicted molar refractivity (Wildman–Crippen MR) is 77.7 cm³/mol. The lowest BCUT2D eigenvalue weighted by Crippen LogP contribution is -2.24. The molecule has 7 heteroatoms. The zero-order valence-corrected chi connectivity index (χ0v) is 12.6. The van der Waals surface area contributed by atoms with E-state index in [1.54, 1.807) is 30.5 Å². The summed E-state index contributed by atoms with van der Waals surface area (Å²) in [4.78, 5) is 4.00. The summed E-state index contributed by atoms with van der Waals surface area (Å²) in [6.07, 6.45) is 2.31. The molecule has 1 aromatic heterocycles. The molecule has 0 spiro atoms. The standard InChI is InChI=1S/C14H18N2O4S/c1-2-13-7-15-14(20-13)8-16-21(18,19)10-12-5-3-11(9-17)4-6-12/h3-7,16-17H,2,8-10H2,1H3. The maximum Gasteiger partial charge on any atom is 0.216 e. The van der Waals surface area contributed by atoms with Crippen molar-refractivity contribution >= 4 is 10.0 Å². The summed E-state index contributed by atoms with van der Waals surface area (Å²) in [7, 11) is -3.46. The summed E-state index contributed by atoms with van der Waals surface area (Å²) in [5.74, 6) is 0.954. The van der Waals surface area contributed by atoms with Crippen LogP contribution in [0.4, 0.5) is 0 Å². The lowest BCUT2D eigenvalue weighted by atomic mass is 10.2. The molecule has 21 heavy (non-hydrogen) atoms. The highest BCUT2D eigenvalue weighted by Crippen LogP contribution is 2.09. The normalized spacial score (nSPS) is 11.7.